The molecule has 0 aromatic heterocycles. The number of fused-ring (bicyclic) bond motifs is 1. The SMILES string of the molecule is COc1ccc(OC)c(C(=O)C[C@]2(O)C(=O)Nc3cc(Cl)cc(Cl)c32)c1. The van der Waals surface area contributed by atoms with Gasteiger partial charge in [-0.15, -0.1) is 0 Å². The lowest BCUT2D eigenvalue weighted by Gasteiger charge is -2.21. The summed E-state index contributed by atoms with van der Waals surface area (Å²) >= 11 is 12.1. The van der Waals surface area contributed by atoms with Gasteiger partial charge >= 0.3 is 0 Å². The Balaban J connectivity index is 2.02. The highest BCUT2D eigenvalue weighted by Gasteiger charge is 2.48. The van der Waals surface area contributed by atoms with Crippen LogP contribution in [0.15, 0.2) is 30.3 Å². The van der Waals surface area contributed by atoms with E-state index in [2.05, 4.69) is 5.32 Å². The van der Waals surface area contributed by atoms with Crippen molar-refractivity contribution >= 4 is 40.6 Å². The fourth-order valence-electron chi connectivity index (χ4n) is 2.96. The number of anilines is 1. The summed E-state index contributed by atoms with van der Waals surface area (Å²) in [4.78, 5) is 25.2. The summed E-state index contributed by atoms with van der Waals surface area (Å²) in [6.07, 6.45) is -0.517. The van der Waals surface area contributed by atoms with Crippen LogP contribution in [0.4, 0.5) is 5.69 Å². The van der Waals surface area contributed by atoms with E-state index in [1.165, 1.54) is 32.4 Å². The number of methoxy groups -OCH3 is 2. The third-order valence-corrected chi connectivity index (χ3v) is 4.73. The van der Waals surface area contributed by atoms with Crippen LogP contribution >= 0.6 is 23.2 Å². The molecule has 3 rings (SSSR count). The van der Waals surface area contributed by atoms with Crippen LogP contribution < -0.4 is 14.8 Å². The van der Waals surface area contributed by atoms with E-state index in [4.69, 9.17) is 32.7 Å². The molecule has 8 heteroatoms. The van der Waals surface area contributed by atoms with Gasteiger partial charge in [-0.1, -0.05) is 23.2 Å². The van der Waals surface area contributed by atoms with Crippen LogP contribution in [0, 0.1) is 0 Å². The maximum Gasteiger partial charge on any atom is 0.261 e. The van der Waals surface area contributed by atoms with Crippen molar-refractivity contribution in [3.63, 3.8) is 0 Å². The Kier molecular flexibility index (Phi) is 4.84. The maximum atomic E-state index is 12.8. The van der Waals surface area contributed by atoms with Gasteiger partial charge in [0.15, 0.2) is 11.4 Å². The van der Waals surface area contributed by atoms with E-state index in [0.717, 1.165) is 0 Å². The van der Waals surface area contributed by atoms with Gasteiger partial charge in [0, 0.05) is 10.6 Å². The normalized spacial score (nSPS) is 18.3. The second-order valence-corrected chi connectivity index (χ2v) is 6.63. The molecule has 2 aromatic rings. The van der Waals surface area contributed by atoms with E-state index in [1.807, 2.05) is 0 Å². The molecule has 0 bridgehead atoms. The van der Waals surface area contributed by atoms with Crippen LogP contribution in [-0.2, 0) is 10.4 Å². The molecule has 26 heavy (non-hydrogen) atoms. The number of nitrogens with one attached hydrogen (secondary N) is 1. The molecule has 2 aromatic carbocycles. The third kappa shape index (κ3) is 3.00. The summed E-state index contributed by atoms with van der Waals surface area (Å²) in [6.45, 7) is 0. The molecule has 1 heterocycles. The van der Waals surface area contributed by atoms with Crippen LogP contribution in [0.1, 0.15) is 22.3 Å². The molecule has 0 saturated heterocycles. The molecule has 1 atom stereocenters. The quantitative estimate of drug-likeness (QED) is 0.757. The van der Waals surface area contributed by atoms with Gasteiger partial charge in [-0.2, -0.15) is 0 Å². The molecule has 0 radical (unpaired) electrons. The number of Topliss-reactive ketones (excluding diaryl/α,β-unsaturated/α-hetero) is 1. The lowest BCUT2D eigenvalue weighted by molar-refractivity contribution is -0.133. The first kappa shape index (κ1) is 18.5. The lowest BCUT2D eigenvalue weighted by atomic mass is 9.87. The fraction of sp³-hybridized carbons (Fsp3) is 0.222. The third-order valence-electron chi connectivity index (χ3n) is 4.22. The smallest absolute Gasteiger partial charge is 0.261 e. The number of hydrogen-bond donors (Lipinski definition) is 2. The summed E-state index contributed by atoms with van der Waals surface area (Å²) in [5.74, 6) is -0.494. The average molecular weight is 396 g/mol. The van der Waals surface area contributed by atoms with Gasteiger partial charge in [-0.05, 0) is 30.3 Å². The molecule has 1 aliphatic heterocycles. The largest absolute Gasteiger partial charge is 0.497 e. The van der Waals surface area contributed by atoms with Crippen LogP contribution in [-0.4, -0.2) is 31.0 Å². The van der Waals surface area contributed by atoms with E-state index >= 15 is 0 Å². The van der Waals surface area contributed by atoms with E-state index in [-0.39, 0.29) is 21.8 Å². The Morgan fingerprint density at radius 1 is 1.19 bits per heavy atom. The van der Waals surface area contributed by atoms with Crippen molar-refractivity contribution in [3.8, 4) is 11.5 Å². The molecule has 0 fully saturated rings. The Morgan fingerprint density at radius 2 is 1.92 bits per heavy atom. The van der Waals surface area contributed by atoms with Gasteiger partial charge in [0.1, 0.15) is 11.5 Å². The van der Waals surface area contributed by atoms with E-state index in [1.54, 1.807) is 12.1 Å². The number of benzene rings is 2. The van der Waals surface area contributed by atoms with Crippen LogP contribution in [0.3, 0.4) is 0 Å². The minimum atomic E-state index is -2.11. The van der Waals surface area contributed by atoms with Crippen molar-refractivity contribution in [3.05, 3.63) is 51.5 Å². The van der Waals surface area contributed by atoms with Gasteiger partial charge < -0.3 is 19.9 Å². The number of carbonyl (C=O) groups excluding carboxylic acids is 2. The number of hydrogen-bond acceptors (Lipinski definition) is 5. The Labute approximate surface area is 159 Å². The van der Waals surface area contributed by atoms with Crippen LogP contribution in [0.2, 0.25) is 10.0 Å². The Bertz CT molecular complexity index is 915. The van der Waals surface area contributed by atoms with E-state index < -0.39 is 23.7 Å². The summed E-state index contributed by atoms with van der Waals surface area (Å²) in [5.41, 5.74) is -1.52. The first-order valence-electron chi connectivity index (χ1n) is 7.58. The molecule has 136 valence electrons. The van der Waals surface area contributed by atoms with Crippen molar-refractivity contribution in [2.75, 3.05) is 19.5 Å². The molecule has 0 saturated carbocycles. The monoisotopic (exact) mass is 395 g/mol. The number of ether oxygens (including phenoxy) is 2. The lowest BCUT2D eigenvalue weighted by Crippen LogP contribution is -2.36. The molecule has 0 unspecified atom stereocenters. The zero-order chi connectivity index (χ0) is 19.1. The predicted octanol–water partition coefficient (Wildman–Crippen LogP) is 3.42. The first-order valence-corrected chi connectivity index (χ1v) is 8.34. The maximum absolute atomic E-state index is 12.8. The molecule has 0 aliphatic carbocycles. The summed E-state index contributed by atoms with van der Waals surface area (Å²) in [5, 5.41) is 13.9. The molecule has 1 amide bonds. The number of carbonyl (C=O) groups is 2. The average Bonchev–Trinajstić information content (AvgIpc) is 2.84. The van der Waals surface area contributed by atoms with Crippen LogP contribution in [0.25, 0.3) is 0 Å². The number of aliphatic hydroxyl groups is 1. The van der Waals surface area contributed by atoms with Crippen molar-refractivity contribution in [1.82, 2.24) is 0 Å². The van der Waals surface area contributed by atoms with Gasteiger partial charge in [-0.25, -0.2) is 0 Å². The predicted molar refractivity (Wildman–Crippen MR) is 97.5 cm³/mol. The molecular weight excluding hydrogens is 381 g/mol. The van der Waals surface area contributed by atoms with Crippen molar-refractivity contribution in [2.24, 2.45) is 0 Å². The fourth-order valence-corrected chi connectivity index (χ4v) is 3.61. The van der Waals surface area contributed by atoms with E-state index in [0.29, 0.717) is 16.5 Å². The highest BCUT2D eigenvalue weighted by molar-refractivity contribution is 6.36. The van der Waals surface area contributed by atoms with E-state index in [9.17, 15) is 14.7 Å². The summed E-state index contributed by atoms with van der Waals surface area (Å²) in [7, 11) is 2.89. The van der Waals surface area contributed by atoms with Gasteiger partial charge in [0.2, 0.25) is 0 Å². The molecule has 0 spiro atoms. The zero-order valence-corrected chi connectivity index (χ0v) is 15.4. The summed E-state index contributed by atoms with van der Waals surface area (Å²) < 4.78 is 10.3. The number of halogens is 2. The molecular formula is C18H15Cl2NO5. The first-order chi connectivity index (χ1) is 12.3. The Morgan fingerprint density at radius 3 is 2.58 bits per heavy atom. The second-order valence-electron chi connectivity index (χ2n) is 5.79. The zero-order valence-electron chi connectivity index (χ0n) is 13.9. The highest BCUT2D eigenvalue weighted by atomic mass is 35.5. The van der Waals surface area contributed by atoms with Gasteiger partial charge in [0.25, 0.3) is 5.91 Å². The minimum Gasteiger partial charge on any atom is -0.497 e. The topological polar surface area (TPSA) is 84.9 Å². The van der Waals surface area contributed by atoms with Crippen molar-refractivity contribution in [2.45, 2.75) is 12.0 Å². The molecule has 6 nitrogen and oxygen atoms in total. The number of amides is 1. The standard InChI is InChI=1S/C18H15Cl2NO5/c1-25-10-3-4-15(26-2)11(7-10)14(22)8-18(24)16-12(20)5-9(19)6-13(16)21-17(18)23/h3-7,24H,8H2,1-2H3,(H,21,23)/t18-/m1/s1. The minimum absolute atomic E-state index is 0.0961. The molecule has 1 aliphatic rings. The molecule has 2 N–H and O–H groups in total. The summed E-state index contributed by atoms with van der Waals surface area (Å²) in [6, 6.07) is 7.58. The Hall–Kier alpha value is -2.28. The van der Waals surface area contributed by atoms with Crippen molar-refractivity contribution < 1.29 is 24.2 Å². The van der Waals surface area contributed by atoms with Crippen LogP contribution in [0.5, 0.6) is 11.5 Å². The highest BCUT2D eigenvalue weighted by Crippen LogP contribution is 2.45. The van der Waals surface area contributed by atoms with Gasteiger partial charge in [-0.3, -0.25) is 9.59 Å². The second kappa shape index (κ2) is 6.79. The van der Waals surface area contributed by atoms with Crippen molar-refractivity contribution in [1.29, 1.82) is 0 Å². The number of rotatable bonds is 5. The number of ketones is 1. The van der Waals surface area contributed by atoms with Gasteiger partial charge in [0.05, 0.1) is 36.9 Å².